The van der Waals surface area contributed by atoms with Gasteiger partial charge in [-0.15, -0.1) is 11.6 Å². The molecule has 20 heavy (non-hydrogen) atoms. The van der Waals surface area contributed by atoms with E-state index in [1.54, 1.807) is 0 Å². The van der Waals surface area contributed by atoms with Crippen LogP contribution in [0.15, 0.2) is 24.3 Å². The van der Waals surface area contributed by atoms with E-state index in [1.165, 1.54) is 11.9 Å². The van der Waals surface area contributed by atoms with Crippen molar-refractivity contribution >= 4 is 34.4 Å². The van der Waals surface area contributed by atoms with Crippen molar-refractivity contribution in [3.63, 3.8) is 0 Å². The van der Waals surface area contributed by atoms with Crippen molar-refractivity contribution in [2.75, 3.05) is 7.05 Å². The molecule has 5 nitrogen and oxygen atoms in total. The molecule has 6 heteroatoms. The number of aromatic nitrogens is 2. The highest BCUT2D eigenvalue weighted by molar-refractivity contribution is 6.17. The van der Waals surface area contributed by atoms with Gasteiger partial charge in [0.1, 0.15) is 11.9 Å². The lowest BCUT2D eigenvalue weighted by Gasteiger charge is -2.29. The van der Waals surface area contributed by atoms with Crippen molar-refractivity contribution < 1.29 is 9.59 Å². The highest BCUT2D eigenvalue weighted by Crippen LogP contribution is 2.29. The van der Waals surface area contributed by atoms with Crippen molar-refractivity contribution in [2.45, 2.75) is 24.8 Å². The summed E-state index contributed by atoms with van der Waals surface area (Å²) in [7, 11) is 1.52. The zero-order chi connectivity index (χ0) is 14.3. The van der Waals surface area contributed by atoms with E-state index in [0.717, 1.165) is 11.0 Å². The first-order valence-electron chi connectivity index (χ1n) is 6.45. The molecular formula is C14H14ClN3O2. The van der Waals surface area contributed by atoms with Gasteiger partial charge in [0.05, 0.1) is 16.9 Å². The Morgan fingerprint density at radius 3 is 2.85 bits per heavy atom. The summed E-state index contributed by atoms with van der Waals surface area (Å²) in [4.78, 5) is 29.6. The highest BCUT2D eigenvalue weighted by atomic mass is 35.5. The number of imide groups is 1. The molecule has 104 valence electrons. The van der Waals surface area contributed by atoms with Crippen LogP contribution < -0.4 is 0 Å². The molecule has 1 aromatic carbocycles. The number of amides is 2. The third kappa shape index (κ3) is 1.89. The number of hydrogen-bond acceptors (Lipinski definition) is 3. The van der Waals surface area contributed by atoms with Gasteiger partial charge < -0.3 is 4.57 Å². The summed E-state index contributed by atoms with van der Waals surface area (Å²) in [6.45, 7) is 0. The lowest BCUT2D eigenvalue weighted by atomic mass is 10.0. The van der Waals surface area contributed by atoms with E-state index < -0.39 is 6.04 Å². The molecular weight excluding hydrogens is 278 g/mol. The second-order valence-electron chi connectivity index (χ2n) is 4.87. The Hall–Kier alpha value is -1.88. The maximum Gasteiger partial charge on any atom is 0.252 e. The Bertz CT molecular complexity index is 695. The van der Waals surface area contributed by atoms with E-state index in [1.807, 2.05) is 28.8 Å². The van der Waals surface area contributed by atoms with Crippen LogP contribution in [0.4, 0.5) is 0 Å². The van der Waals surface area contributed by atoms with Gasteiger partial charge in [-0.3, -0.25) is 14.5 Å². The summed E-state index contributed by atoms with van der Waals surface area (Å²) in [6.07, 6.45) is 0.855. The number of alkyl halides is 1. The number of piperidine rings is 1. The average molecular weight is 292 g/mol. The van der Waals surface area contributed by atoms with Crippen LogP contribution in [0.3, 0.4) is 0 Å². The van der Waals surface area contributed by atoms with Crippen LogP contribution in [0, 0.1) is 0 Å². The van der Waals surface area contributed by atoms with Crippen LogP contribution in [0.1, 0.15) is 24.7 Å². The quantitative estimate of drug-likeness (QED) is 0.629. The van der Waals surface area contributed by atoms with E-state index in [0.29, 0.717) is 18.7 Å². The smallest absolute Gasteiger partial charge is 0.252 e. The molecule has 0 saturated carbocycles. The number of fused-ring (bicyclic) bond motifs is 1. The number of imidazole rings is 1. The van der Waals surface area contributed by atoms with Gasteiger partial charge >= 0.3 is 0 Å². The first kappa shape index (κ1) is 13.1. The third-order valence-corrected chi connectivity index (χ3v) is 3.96. The first-order chi connectivity index (χ1) is 9.63. The molecule has 1 saturated heterocycles. The maximum atomic E-state index is 12.4. The summed E-state index contributed by atoms with van der Waals surface area (Å²) in [5.41, 5.74) is 1.69. The molecule has 0 bridgehead atoms. The Morgan fingerprint density at radius 1 is 1.35 bits per heavy atom. The lowest BCUT2D eigenvalue weighted by Crippen LogP contribution is -2.43. The maximum absolute atomic E-state index is 12.4. The molecule has 0 radical (unpaired) electrons. The van der Waals surface area contributed by atoms with Gasteiger partial charge in [-0.25, -0.2) is 4.98 Å². The number of hydrogen-bond donors (Lipinski definition) is 0. The average Bonchev–Trinajstić information content (AvgIpc) is 2.84. The van der Waals surface area contributed by atoms with E-state index in [2.05, 4.69) is 4.98 Å². The molecule has 2 aromatic rings. The summed E-state index contributed by atoms with van der Waals surface area (Å²) in [6, 6.07) is 7.21. The van der Waals surface area contributed by atoms with Crippen molar-refractivity contribution in [3.8, 4) is 0 Å². The molecule has 1 aliphatic heterocycles. The molecule has 1 aliphatic rings. The number of para-hydroxylation sites is 2. The fourth-order valence-corrected chi connectivity index (χ4v) is 2.86. The van der Waals surface area contributed by atoms with E-state index in [9.17, 15) is 9.59 Å². The van der Waals surface area contributed by atoms with Crippen LogP contribution in [-0.2, 0) is 15.5 Å². The fourth-order valence-electron chi connectivity index (χ4n) is 2.67. The second-order valence-corrected chi connectivity index (χ2v) is 5.13. The van der Waals surface area contributed by atoms with Crippen LogP contribution in [0.2, 0.25) is 0 Å². The lowest BCUT2D eigenvalue weighted by molar-refractivity contribution is -0.149. The third-order valence-electron chi connectivity index (χ3n) is 3.72. The zero-order valence-corrected chi connectivity index (χ0v) is 11.8. The molecule has 1 aromatic heterocycles. The van der Waals surface area contributed by atoms with E-state index in [4.69, 9.17) is 11.6 Å². The van der Waals surface area contributed by atoms with Crippen LogP contribution in [-0.4, -0.2) is 33.3 Å². The minimum atomic E-state index is -0.404. The molecule has 1 fully saturated rings. The number of likely N-dealkylation sites (tertiary alicyclic amines) is 1. The van der Waals surface area contributed by atoms with Crippen molar-refractivity contribution in [3.05, 3.63) is 30.1 Å². The normalized spacial score (nSPS) is 19.9. The number of halogens is 1. The van der Waals surface area contributed by atoms with Gasteiger partial charge in [-0.2, -0.15) is 0 Å². The monoisotopic (exact) mass is 291 g/mol. The molecule has 0 aliphatic carbocycles. The van der Waals surface area contributed by atoms with Crippen molar-refractivity contribution in [2.24, 2.45) is 0 Å². The van der Waals surface area contributed by atoms with Gasteiger partial charge in [0, 0.05) is 13.5 Å². The molecule has 2 heterocycles. The first-order valence-corrected chi connectivity index (χ1v) is 6.99. The number of rotatable bonds is 2. The summed E-state index contributed by atoms with van der Waals surface area (Å²) in [5, 5.41) is 0. The van der Waals surface area contributed by atoms with Crippen LogP contribution in [0.5, 0.6) is 0 Å². The Kier molecular flexibility index (Phi) is 3.22. The SMILES string of the molecule is CN1C(=O)CCC(n2c(CCl)nc3ccccc32)C1=O. The summed E-state index contributed by atoms with van der Waals surface area (Å²) < 4.78 is 1.87. The fraction of sp³-hybridized carbons (Fsp3) is 0.357. The number of carbonyl (C=O) groups excluding carboxylic acids is 2. The molecule has 3 rings (SSSR count). The predicted molar refractivity (Wildman–Crippen MR) is 75.3 cm³/mol. The number of nitrogens with zero attached hydrogens (tertiary/aromatic N) is 3. The number of likely N-dealkylation sites (N-methyl/N-ethyl adjacent to an activating group) is 1. The van der Waals surface area contributed by atoms with E-state index >= 15 is 0 Å². The van der Waals surface area contributed by atoms with Gasteiger partial charge in [-0.05, 0) is 18.6 Å². The molecule has 1 atom stereocenters. The molecule has 0 spiro atoms. The standard InChI is InChI=1S/C14H14ClN3O2/c1-17-13(19)7-6-11(14(17)20)18-10-5-3-2-4-9(10)16-12(18)8-15/h2-5,11H,6-8H2,1H3. The van der Waals surface area contributed by atoms with E-state index in [-0.39, 0.29) is 17.7 Å². The van der Waals surface area contributed by atoms with Gasteiger partial charge in [0.2, 0.25) is 5.91 Å². The number of benzene rings is 1. The molecule has 0 N–H and O–H groups in total. The molecule has 2 amide bonds. The summed E-state index contributed by atoms with van der Waals surface area (Å²) in [5.74, 6) is 0.559. The van der Waals surface area contributed by atoms with Gasteiger partial charge in [0.15, 0.2) is 0 Å². The van der Waals surface area contributed by atoms with Crippen molar-refractivity contribution in [1.29, 1.82) is 0 Å². The van der Waals surface area contributed by atoms with Gasteiger partial charge in [-0.1, -0.05) is 12.1 Å². The minimum Gasteiger partial charge on any atom is -0.314 e. The predicted octanol–water partition coefficient (Wildman–Crippen LogP) is 2.09. The topological polar surface area (TPSA) is 55.2 Å². The largest absolute Gasteiger partial charge is 0.314 e. The Labute approximate surface area is 121 Å². The second kappa shape index (κ2) is 4.90. The Morgan fingerprint density at radius 2 is 2.10 bits per heavy atom. The van der Waals surface area contributed by atoms with Gasteiger partial charge in [0.25, 0.3) is 5.91 Å². The Balaban J connectivity index is 2.14. The van der Waals surface area contributed by atoms with Crippen molar-refractivity contribution in [1.82, 2.24) is 14.5 Å². The highest BCUT2D eigenvalue weighted by Gasteiger charge is 2.34. The minimum absolute atomic E-state index is 0.136. The van der Waals surface area contributed by atoms with Crippen LogP contribution >= 0.6 is 11.6 Å². The summed E-state index contributed by atoms with van der Waals surface area (Å²) >= 11 is 5.96. The van der Waals surface area contributed by atoms with Crippen LogP contribution in [0.25, 0.3) is 11.0 Å². The molecule has 1 unspecified atom stereocenters. The zero-order valence-electron chi connectivity index (χ0n) is 11.0. The number of carbonyl (C=O) groups is 2.